The molecule has 0 fully saturated rings. The van der Waals surface area contributed by atoms with E-state index in [4.69, 9.17) is 15.9 Å². The fourth-order valence-corrected chi connectivity index (χ4v) is 1.91. The molecule has 2 aromatic carbocycles. The van der Waals surface area contributed by atoms with Crippen LogP contribution in [0.4, 0.5) is 5.69 Å². The molecule has 0 heterocycles. The molecule has 21 heavy (non-hydrogen) atoms. The minimum atomic E-state index is -0.481. The molecule has 0 radical (unpaired) electrons. The Hall–Kier alpha value is -2.89. The third-order valence-corrected chi connectivity index (χ3v) is 3.03. The summed E-state index contributed by atoms with van der Waals surface area (Å²) in [6.07, 6.45) is 0.700. The second-order valence-electron chi connectivity index (χ2n) is 4.42. The standard InChI is InChI=1S/C15H15N3O3/c1-2-10-7-8-14(12(9-10)18(19)20)21-13-6-4-3-5-11(13)15(16)17/h3-9H,2H2,1H3,(H3,16,17). The molecule has 0 atom stereocenters. The van der Waals surface area contributed by atoms with E-state index in [0.717, 1.165) is 5.56 Å². The van der Waals surface area contributed by atoms with Crippen molar-refractivity contribution in [2.75, 3.05) is 0 Å². The third-order valence-electron chi connectivity index (χ3n) is 3.03. The van der Waals surface area contributed by atoms with Crippen LogP contribution in [-0.4, -0.2) is 10.8 Å². The molecule has 108 valence electrons. The monoisotopic (exact) mass is 285 g/mol. The van der Waals surface area contributed by atoms with E-state index in [-0.39, 0.29) is 17.3 Å². The van der Waals surface area contributed by atoms with Gasteiger partial charge in [0.2, 0.25) is 5.75 Å². The number of hydrogen-bond donors (Lipinski definition) is 2. The van der Waals surface area contributed by atoms with E-state index in [9.17, 15) is 10.1 Å². The van der Waals surface area contributed by atoms with Gasteiger partial charge in [0.25, 0.3) is 0 Å². The maximum Gasteiger partial charge on any atom is 0.311 e. The van der Waals surface area contributed by atoms with Gasteiger partial charge in [0.15, 0.2) is 0 Å². The second kappa shape index (κ2) is 6.04. The SMILES string of the molecule is CCc1ccc(Oc2ccccc2C(=N)N)c([N+](=O)[O-])c1. The highest BCUT2D eigenvalue weighted by atomic mass is 16.6. The van der Waals surface area contributed by atoms with Gasteiger partial charge in [-0.15, -0.1) is 0 Å². The van der Waals surface area contributed by atoms with Crippen molar-refractivity contribution in [1.29, 1.82) is 5.41 Å². The highest BCUT2D eigenvalue weighted by Crippen LogP contribution is 2.33. The molecule has 3 N–H and O–H groups in total. The van der Waals surface area contributed by atoms with Gasteiger partial charge in [-0.05, 0) is 30.2 Å². The first kappa shape index (κ1) is 14.5. The van der Waals surface area contributed by atoms with Gasteiger partial charge in [0.05, 0.1) is 10.5 Å². The average Bonchev–Trinajstić information content (AvgIpc) is 2.47. The van der Waals surface area contributed by atoms with Crippen LogP contribution in [0.1, 0.15) is 18.1 Å². The van der Waals surface area contributed by atoms with Crippen LogP contribution in [0.5, 0.6) is 11.5 Å². The first-order valence-electron chi connectivity index (χ1n) is 6.41. The van der Waals surface area contributed by atoms with E-state index >= 15 is 0 Å². The third kappa shape index (κ3) is 3.17. The lowest BCUT2D eigenvalue weighted by Gasteiger charge is -2.10. The first-order valence-corrected chi connectivity index (χ1v) is 6.41. The van der Waals surface area contributed by atoms with Crippen LogP contribution in [-0.2, 0) is 6.42 Å². The van der Waals surface area contributed by atoms with Crippen molar-refractivity contribution in [2.24, 2.45) is 5.73 Å². The number of nitrogens with one attached hydrogen (secondary N) is 1. The number of ether oxygens (including phenoxy) is 1. The van der Waals surface area contributed by atoms with Crippen molar-refractivity contribution in [2.45, 2.75) is 13.3 Å². The van der Waals surface area contributed by atoms with Gasteiger partial charge in [-0.2, -0.15) is 0 Å². The zero-order valence-electron chi connectivity index (χ0n) is 11.5. The van der Waals surface area contributed by atoms with Crippen LogP contribution in [0.15, 0.2) is 42.5 Å². The van der Waals surface area contributed by atoms with E-state index in [2.05, 4.69) is 0 Å². The summed E-state index contributed by atoms with van der Waals surface area (Å²) in [5.41, 5.74) is 6.63. The topological polar surface area (TPSA) is 102 Å². The van der Waals surface area contributed by atoms with Crippen molar-refractivity contribution < 1.29 is 9.66 Å². The molecule has 0 aliphatic rings. The van der Waals surface area contributed by atoms with E-state index in [0.29, 0.717) is 17.7 Å². The molecule has 0 aliphatic carbocycles. The maximum absolute atomic E-state index is 11.2. The molecular formula is C15H15N3O3. The van der Waals surface area contributed by atoms with Gasteiger partial charge < -0.3 is 10.5 Å². The molecule has 0 spiro atoms. The molecule has 0 aliphatic heterocycles. The van der Waals surface area contributed by atoms with Crippen LogP contribution < -0.4 is 10.5 Å². The summed E-state index contributed by atoms with van der Waals surface area (Å²) < 4.78 is 5.60. The Morgan fingerprint density at radius 2 is 2.00 bits per heavy atom. The van der Waals surface area contributed by atoms with Crippen molar-refractivity contribution in [3.05, 3.63) is 63.7 Å². The number of amidine groups is 1. The quantitative estimate of drug-likeness (QED) is 0.381. The number of nitrogen functional groups attached to an aromatic ring is 1. The summed E-state index contributed by atoms with van der Waals surface area (Å²) in [6.45, 7) is 1.92. The summed E-state index contributed by atoms with van der Waals surface area (Å²) in [6, 6.07) is 11.5. The van der Waals surface area contributed by atoms with Crippen LogP contribution >= 0.6 is 0 Å². The number of benzene rings is 2. The Labute approximate surface area is 121 Å². The van der Waals surface area contributed by atoms with Gasteiger partial charge >= 0.3 is 5.69 Å². The lowest BCUT2D eigenvalue weighted by Crippen LogP contribution is -2.12. The summed E-state index contributed by atoms with van der Waals surface area (Å²) >= 11 is 0. The average molecular weight is 285 g/mol. The zero-order valence-corrected chi connectivity index (χ0v) is 11.5. The Morgan fingerprint density at radius 1 is 1.29 bits per heavy atom. The van der Waals surface area contributed by atoms with Crippen molar-refractivity contribution in [3.63, 3.8) is 0 Å². The predicted octanol–water partition coefficient (Wildman–Crippen LogP) is 3.23. The minimum Gasteiger partial charge on any atom is -0.449 e. The predicted molar refractivity (Wildman–Crippen MR) is 80.0 cm³/mol. The normalized spacial score (nSPS) is 10.1. The number of rotatable bonds is 5. The summed E-state index contributed by atoms with van der Waals surface area (Å²) in [7, 11) is 0. The second-order valence-corrected chi connectivity index (χ2v) is 4.42. The molecule has 0 unspecified atom stereocenters. The smallest absolute Gasteiger partial charge is 0.311 e. The minimum absolute atomic E-state index is 0.104. The van der Waals surface area contributed by atoms with Gasteiger partial charge in [-0.3, -0.25) is 15.5 Å². The highest BCUT2D eigenvalue weighted by molar-refractivity contribution is 5.97. The lowest BCUT2D eigenvalue weighted by atomic mass is 10.1. The molecule has 0 saturated heterocycles. The molecule has 0 saturated carbocycles. The van der Waals surface area contributed by atoms with Crippen LogP contribution in [0.2, 0.25) is 0 Å². The van der Waals surface area contributed by atoms with Crippen LogP contribution in [0, 0.1) is 15.5 Å². The van der Waals surface area contributed by atoms with E-state index < -0.39 is 4.92 Å². The molecule has 6 heteroatoms. The number of aryl methyl sites for hydroxylation is 1. The van der Waals surface area contributed by atoms with E-state index in [1.165, 1.54) is 6.07 Å². The molecular weight excluding hydrogens is 270 g/mol. The Kier molecular flexibility index (Phi) is 4.18. The van der Waals surface area contributed by atoms with Crippen molar-refractivity contribution >= 4 is 11.5 Å². The molecule has 2 rings (SSSR count). The summed E-state index contributed by atoms with van der Waals surface area (Å²) in [5, 5.41) is 18.7. The Morgan fingerprint density at radius 3 is 2.62 bits per heavy atom. The Bertz CT molecular complexity index is 698. The highest BCUT2D eigenvalue weighted by Gasteiger charge is 2.18. The molecule has 0 bridgehead atoms. The summed E-state index contributed by atoms with van der Waals surface area (Å²) in [5.74, 6) is 0.293. The fraction of sp³-hybridized carbons (Fsp3) is 0.133. The van der Waals surface area contributed by atoms with Crippen molar-refractivity contribution in [3.8, 4) is 11.5 Å². The number of nitro groups is 1. The van der Waals surface area contributed by atoms with Crippen LogP contribution in [0.25, 0.3) is 0 Å². The van der Waals surface area contributed by atoms with Gasteiger partial charge in [-0.1, -0.05) is 25.1 Å². The van der Waals surface area contributed by atoms with Crippen molar-refractivity contribution in [1.82, 2.24) is 0 Å². The maximum atomic E-state index is 11.2. The molecule has 2 aromatic rings. The number of nitrogens with zero attached hydrogens (tertiary/aromatic N) is 1. The fourth-order valence-electron chi connectivity index (χ4n) is 1.91. The van der Waals surface area contributed by atoms with Gasteiger partial charge in [0, 0.05) is 6.07 Å². The van der Waals surface area contributed by atoms with E-state index in [1.807, 2.05) is 6.92 Å². The largest absolute Gasteiger partial charge is 0.449 e. The lowest BCUT2D eigenvalue weighted by molar-refractivity contribution is -0.385. The Balaban J connectivity index is 2.45. The summed E-state index contributed by atoms with van der Waals surface area (Å²) in [4.78, 5) is 10.7. The zero-order chi connectivity index (χ0) is 15.4. The van der Waals surface area contributed by atoms with E-state index in [1.54, 1.807) is 36.4 Å². The van der Waals surface area contributed by atoms with Crippen LogP contribution in [0.3, 0.4) is 0 Å². The number of hydrogen-bond acceptors (Lipinski definition) is 4. The molecule has 6 nitrogen and oxygen atoms in total. The number of nitrogens with two attached hydrogens (primary N) is 1. The first-order chi connectivity index (χ1) is 10.0. The van der Waals surface area contributed by atoms with Gasteiger partial charge in [0.1, 0.15) is 11.6 Å². The number of para-hydroxylation sites is 1. The van der Waals surface area contributed by atoms with Gasteiger partial charge in [-0.25, -0.2) is 0 Å². The molecule has 0 amide bonds. The molecule has 0 aromatic heterocycles. The number of nitro benzene ring substituents is 1.